The van der Waals surface area contributed by atoms with Crippen LogP contribution < -0.4 is 10.5 Å². The number of hydrogen-bond acceptors (Lipinski definition) is 3. The lowest BCUT2D eigenvalue weighted by Crippen LogP contribution is -2.19. The highest BCUT2D eigenvalue weighted by Gasteiger charge is 2.25. The van der Waals surface area contributed by atoms with Gasteiger partial charge in [-0.15, -0.1) is 0 Å². The largest absolute Gasteiger partial charge is 0.494 e. The second kappa shape index (κ2) is 5.29. The quantitative estimate of drug-likeness (QED) is 0.857. The zero-order valence-electron chi connectivity index (χ0n) is 10.8. The number of methoxy groups -OCH3 is 1. The molecule has 0 fully saturated rings. The fraction of sp³-hybridized carbons (Fsp3) is 0.500. The SMILES string of the molecule is COc1c(Cl)c2c(c(C)c1C(=O)CN)CCCC2. The molecule has 18 heavy (non-hydrogen) atoms. The minimum atomic E-state index is -0.111. The Kier molecular flexibility index (Phi) is 3.93. The molecule has 0 heterocycles. The highest BCUT2D eigenvalue weighted by Crippen LogP contribution is 2.40. The van der Waals surface area contributed by atoms with Crippen molar-refractivity contribution in [1.29, 1.82) is 0 Å². The second-order valence-corrected chi connectivity index (χ2v) is 5.02. The minimum Gasteiger partial charge on any atom is -0.494 e. The maximum absolute atomic E-state index is 12.0. The monoisotopic (exact) mass is 267 g/mol. The number of nitrogens with two attached hydrogens (primary N) is 1. The van der Waals surface area contributed by atoms with E-state index in [1.807, 2.05) is 6.92 Å². The van der Waals surface area contributed by atoms with Crippen molar-refractivity contribution in [2.45, 2.75) is 32.6 Å². The average molecular weight is 268 g/mol. The molecule has 0 aliphatic heterocycles. The van der Waals surface area contributed by atoms with E-state index < -0.39 is 0 Å². The first kappa shape index (κ1) is 13.4. The molecule has 4 heteroatoms. The van der Waals surface area contributed by atoms with Gasteiger partial charge in [-0.3, -0.25) is 4.79 Å². The summed E-state index contributed by atoms with van der Waals surface area (Å²) in [6.45, 7) is 1.94. The van der Waals surface area contributed by atoms with Crippen molar-refractivity contribution in [3.63, 3.8) is 0 Å². The van der Waals surface area contributed by atoms with E-state index in [1.54, 1.807) is 7.11 Å². The maximum atomic E-state index is 12.0. The fourth-order valence-electron chi connectivity index (χ4n) is 2.76. The molecule has 0 spiro atoms. The van der Waals surface area contributed by atoms with E-state index in [-0.39, 0.29) is 12.3 Å². The molecular weight excluding hydrogens is 250 g/mol. The van der Waals surface area contributed by atoms with Gasteiger partial charge in [-0.25, -0.2) is 0 Å². The minimum absolute atomic E-state index is 0.0215. The predicted molar refractivity (Wildman–Crippen MR) is 72.8 cm³/mol. The number of carbonyl (C=O) groups is 1. The highest BCUT2D eigenvalue weighted by atomic mass is 35.5. The first-order valence-corrected chi connectivity index (χ1v) is 6.60. The van der Waals surface area contributed by atoms with E-state index in [2.05, 4.69) is 0 Å². The van der Waals surface area contributed by atoms with Gasteiger partial charge in [-0.1, -0.05) is 11.6 Å². The molecule has 2 rings (SSSR count). The molecule has 98 valence electrons. The average Bonchev–Trinajstić information content (AvgIpc) is 2.41. The van der Waals surface area contributed by atoms with E-state index in [0.29, 0.717) is 16.3 Å². The Morgan fingerprint density at radius 3 is 2.50 bits per heavy atom. The number of hydrogen-bond donors (Lipinski definition) is 1. The van der Waals surface area contributed by atoms with Gasteiger partial charge in [0.15, 0.2) is 5.78 Å². The second-order valence-electron chi connectivity index (χ2n) is 4.64. The van der Waals surface area contributed by atoms with Crippen LogP contribution in [0.3, 0.4) is 0 Å². The number of halogens is 1. The van der Waals surface area contributed by atoms with Crippen molar-refractivity contribution in [3.8, 4) is 5.75 Å². The van der Waals surface area contributed by atoms with Crippen LogP contribution in [0.4, 0.5) is 0 Å². The number of ketones is 1. The number of benzene rings is 1. The molecule has 0 bridgehead atoms. The van der Waals surface area contributed by atoms with Crippen molar-refractivity contribution in [1.82, 2.24) is 0 Å². The summed E-state index contributed by atoms with van der Waals surface area (Å²) >= 11 is 6.39. The lowest BCUT2D eigenvalue weighted by molar-refractivity contribution is 0.0997. The zero-order valence-corrected chi connectivity index (χ0v) is 11.6. The molecule has 0 radical (unpaired) electrons. The Balaban J connectivity index is 2.72. The van der Waals surface area contributed by atoms with Crippen LogP contribution in [-0.4, -0.2) is 19.4 Å². The summed E-state index contributed by atoms with van der Waals surface area (Å²) in [4.78, 5) is 12.0. The van der Waals surface area contributed by atoms with Crippen LogP contribution in [0.5, 0.6) is 5.75 Å². The molecular formula is C14H18ClNO2. The summed E-state index contributed by atoms with van der Waals surface area (Å²) < 4.78 is 5.34. The van der Waals surface area contributed by atoms with Gasteiger partial charge in [0, 0.05) is 0 Å². The Morgan fingerprint density at radius 1 is 1.33 bits per heavy atom. The van der Waals surface area contributed by atoms with E-state index in [9.17, 15) is 4.79 Å². The van der Waals surface area contributed by atoms with Gasteiger partial charge in [0.1, 0.15) is 5.75 Å². The number of rotatable bonds is 3. The van der Waals surface area contributed by atoms with Gasteiger partial charge in [0.25, 0.3) is 0 Å². The lowest BCUT2D eigenvalue weighted by Gasteiger charge is -2.24. The van der Waals surface area contributed by atoms with Crippen LogP contribution in [0.15, 0.2) is 0 Å². The zero-order chi connectivity index (χ0) is 13.3. The molecule has 0 saturated carbocycles. The summed E-state index contributed by atoms with van der Waals surface area (Å²) in [6, 6.07) is 0. The van der Waals surface area contributed by atoms with Crippen molar-refractivity contribution in [2.75, 3.05) is 13.7 Å². The smallest absolute Gasteiger partial charge is 0.180 e. The van der Waals surface area contributed by atoms with Crippen LogP contribution in [0.25, 0.3) is 0 Å². The van der Waals surface area contributed by atoms with Gasteiger partial charge >= 0.3 is 0 Å². The van der Waals surface area contributed by atoms with Crippen molar-refractivity contribution >= 4 is 17.4 Å². The fourth-order valence-corrected chi connectivity index (χ4v) is 3.14. The molecule has 2 N–H and O–H groups in total. The summed E-state index contributed by atoms with van der Waals surface area (Å²) in [7, 11) is 1.54. The van der Waals surface area contributed by atoms with E-state index in [1.165, 1.54) is 5.56 Å². The number of Topliss-reactive ketones (excluding diaryl/α,β-unsaturated/α-hetero) is 1. The van der Waals surface area contributed by atoms with Crippen molar-refractivity contribution < 1.29 is 9.53 Å². The molecule has 0 unspecified atom stereocenters. The van der Waals surface area contributed by atoms with Crippen molar-refractivity contribution in [3.05, 3.63) is 27.3 Å². The van der Waals surface area contributed by atoms with Gasteiger partial charge in [0.2, 0.25) is 0 Å². The third kappa shape index (κ3) is 2.02. The Hall–Kier alpha value is -1.06. The number of fused-ring (bicyclic) bond motifs is 1. The summed E-state index contributed by atoms with van der Waals surface area (Å²) in [5.74, 6) is 0.380. The normalized spacial score (nSPS) is 14.2. The summed E-state index contributed by atoms with van der Waals surface area (Å²) in [6.07, 6.45) is 4.23. The van der Waals surface area contributed by atoms with Crippen LogP contribution in [-0.2, 0) is 12.8 Å². The molecule has 1 aromatic rings. The molecule has 1 aromatic carbocycles. The van der Waals surface area contributed by atoms with Gasteiger partial charge in [0.05, 0.1) is 24.2 Å². The molecule has 1 aliphatic rings. The van der Waals surface area contributed by atoms with E-state index >= 15 is 0 Å². The first-order chi connectivity index (χ1) is 8.61. The first-order valence-electron chi connectivity index (χ1n) is 6.22. The van der Waals surface area contributed by atoms with Crippen LogP contribution >= 0.6 is 11.6 Å². The van der Waals surface area contributed by atoms with Crippen LogP contribution in [0.2, 0.25) is 5.02 Å². The van der Waals surface area contributed by atoms with E-state index in [0.717, 1.165) is 36.8 Å². The Bertz CT molecular complexity index is 497. The maximum Gasteiger partial charge on any atom is 0.180 e. The van der Waals surface area contributed by atoms with Gasteiger partial charge in [-0.05, 0) is 49.3 Å². The third-order valence-electron chi connectivity index (χ3n) is 3.66. The third-order valence-corrected chi connectivity index (χ3v) is 4.05. The number of ether oxygens (including phenoxy) is 1. The molecule has 1 aliphatic carbocycles. The van der Waals surface area contributed by atoms with Gasteiger partial charge < -0.3 is 10.5 Å². The predicted octanol–water partition coefficient (Wildman–Crippen LogP) is 2.68. The van der Waals surface area contributed by atoms with E-state index in [4.69, 9.17) is 22.1 Å². The molecule has 0 amide bonds. The topological polar surface area (TPSA) is 52.3 Å². The standard InChI is InChI=1S/C14H18ClNO2/c1-8-9-5-3-4-6-10(9)13(15)14(18-2)12(8)11(17)7-16/h3-7,16H2,1-2H3. The Labute approximate surface area is 112 Å². The van der Waals surface area contributed by atoms with Crippen LogP contribution in [0, 0.1) is 6.92 Å². The lowest BCUT2D eigenvalue weighted by atomic mass is 9.85. The van der Waals surface area contributed by atoms with Gasteiger partial charge in [-0.2, -0.15) is 0 Å². The molecule has 3 nitrogen and oxygen atoms in total. The Morgan fingerprint density at radius 2 is 1.94 bits per heavy atom. The van der Waals surface area contributed by atoms with Crippen molar-refractivity contribution in [2.24, 2.45) is 5.73 Å². The summed E-state index contributed by atoms with van der Waals surface area (Å²) in [5.41, 5.74) is 9.38. The summed E-state index contributed by atoms with van der Waals surface area (Å²) in [5, 5.41) is 0.592. The molecule has 0 atom stereocenters. The van der Waals surface area contributed by atoms with Crippen LogP contribution in [0.1, 0.15) is 39.9 Å². The number of carbonyl (C=O) groups excluding carboxylic acids is 1. The highest BCUT2D eigenvalue weighted by molar-refractivity contribution is 6.33. The molecule has 0 saturated heterocycles. The molecule has 0 aromatic heterocycles.